The van der Waals surface area contributed by atoms with Gasteiger partial charge < -0.3 is 10.2 Å². The van der Waals surface area contributed by atoms with Crippen LogP contribution in [0.25, 0.3) is 0 Å². The van der Waals surface area contributed by atoms with Gasteiger partial charge in [-0.05, 0) is 38.7 Å². The van der Waals surface area contributed by atoms with Crippen molar-refractivity contribution in [1.82, 2.24) is 15.1 Å². The van der Waals surface area contributed by atoms with E-state index in [2.05, 4.69) is 41.4 Å². The molecule has 0 aromatic heterocycles. The average Bonchev–Trinajstić information content (AvgIpc) is 3.39. The summed E-state index contributed by atoms with van der Waals surface area (Å²) in [7, 11) is 0. The van der Waals surface area contributed by atoms with Crippen molar-refractivity contribution in [2.75, 3.05) is 26.2 Å². The zero-order valence-electron chi connectivity index (χ0n) is 15.3. The lowest BCUT2D eigenvalue weighted by molar-refractivity contribution is -0.134. The van der Waals surface area contributed by atoms with Crippen molar-refractivity contribution >= 4 is 11.8 Å². The monoisotopic (exact) mass is 343 g/mol. The van der Waals surface area contributed by atoms with Crippen molar-refractivity contribution in [3.8, 4) is 0 Å². The molecule has 1 aromatic rings. The van der Waals surface area contributed by atoms with Crippen LogP contribution in [0.4, 0.5) is 0 Å². The number of hydrogen-bond acceptors (Lipinski definition) is 3. The lowest BCUT2D eigenvalue weighted by Gasteiger charge is -2.30. The number of carbonyl (C=O) groups excluding carboxylic acids is 2. The predicted molar refractivity (Wildman–Crippen MR) is 98.0 cm³/mol. The first kappa shape index (κ1) is 17.9. The molecule has 136 valence electrons. The molecular weight excluding hydrogens is 314 g/mol. The molecule has 0 spiro atoms. The van der Waals surface area contributed by atoms with Crippen LogP contribution < -0.4 is 5.32 Å². The van der Waals surface area contributed by atoms with E-state index in [4.69, 9.17) is 0 Å². The van der Waals surface area contributed by atoms with E-state index in [0.29, 0.717) is 12.6 Å². The van der Waals surface area contributed by atoms with E-state index in [1.165, 1.54) is 5.56 Å². The van der Waals surface area contributed by atoms with Crippen LogP contribution in [0.1, 0.15) is 44.7 Å². The first-order chi connectivity index (χ1) is 12.1. The molecule has 1 aliphatic carbocycles. The standard InChI is InChI=1S/C20H29N3O2/c1-3-23(19(24)13-21-20(25)17-9-10-17)18-11-12-22(14-18)15(2)16-7-5-4-6-8-16/h4-8,15,17-18H,3,9-14H2,1-2H3,(H,21,25). The number of rotatable bonds is 7. The van der Waals surface area contributed by atoms with Crippen LogP contribution >= 0.6 is 0 Å². The Morgan fingerprint density at radius 2 is 1.96 bits per heavy atom. The summed E-state index contributed by atoms with van der Waals surface area (Å²) in [5.41, 5.74) is 1.31. The number of nitrogens with zero attached hydrogens (tertiary/aromatic N) is 2. The zero-order valence-corrected chi connectivity index (χ0v) is 15.3. The van der Waals surface area contributed by atoms with Gasteiger partial charge in [-0.3, -0.25) is 14.5 Å². The molecule has 3 rings (SSSR count). The molecule has 2 atom stereocenters. The van der Waals surface area contributed by atoms with E-state index < -0.39 is 0 Å². The van der Waals surface area contributed by atoms with Gasteiger partial charge in [-0.25, -0.2) is 0 Å². The van der Waals surface area contributed by atoms with Crippen LogP contribution in [0.15, 0.2) is 30.3 Å². The van der Waals surface area contributed by atoms with E-state index in [1.54, 1.807) is 0 Å². The van der Waals surface area contributed by atoms with Gasteiger partial charge >= 0.3 is 0 Å². The number of hydrogen-bond donors (Lipinski definition) is 1. The largest absolute Gasteiger partial charge is 0.347 e. The molecule has 1 heterocycles. The fourth-order valence-corrected chi connectivity index (χ4v) is 3.71. The second-order valence-electron chi connectivity index (χ2n) is 7.20. The first-order valence-corrected chi connectivity index (χ1v) is 9.46. The highest BCUT2D eigenvalue weighted by atomic mass is 16.2. The van der Waals surface area contributed by atoms with Crippen LogP contribution in [0.3, 0.4) is 0 Å². The molecule has 5 heteroatoms. The maximum atomic E-state index is 12.5. The fraction of sp³-hybridized carbons (Fsp3) is 0.600. The van der Waals surface area contributed by atoms with Crippen LogP contribution in [0.2, 0.25) is 0 Å². The molecule has 1 aliphatic heterocycles. The van der Waals surface area contributed by atoms with Gasteiger partial charge in [0.1, 0.15) is 0 Å². The highest BCUT2D eigenvalue weighted by molar-refractivity contribution is 5.87. The molecule has 1 saturated heterocycles. The van der Waals surface area contributed by atoms with Gasteiger partial charge in [0, 0.05) is 37.6 Å². The number of nitrogens with one attached hydrogen (secondary N) is 1. The summed E-state index contributed by atoms with van der Waals surface area (Å²) in [6, 6.07) is 11.1. The number of benzene rings is 1. The molecule has 0 bridgehead atoms. The Labute approximate surface area is 150 Å². The maximum Gasteiger partial charge on any atom is 0.242 e. The van der Waals surface area contributed by atoms with Gasteiger partial charge in [0.2, 0.25) is 11.8 Å². The summed E-state index contributed by atoms with van der Waals surface area (Å²) in [6.07, 6.45) is 2.92. The lowest BCUT2D eigenvalue weighted by Crippen LogP contribution is -2.46. The zero-order chi connectivity index (χ0) is 17.8. The van der Waals surface area contributed by atoms with Gasteiger partial charge in [-0.1, -0.05) is 30.3 Å². The Kier molecular flexibility index (Phi) is 5.74. The smallest absolute Gasteiger partial charge is 0.242 e. The molecule has 1 saturated carbocycles. The summed E-state index contributed by atoms with van der Waals surface area (Å²) in [6.45, 7) is 6.96. The number of likely N-dealkylation sites (tertiary alicyclic amines) is 1. The number of likely N-dealkylation sites (N-methyl/N-ethyl adjacent to an activating group) is 1. The van der Waals surface area contributed by atoms with Crippen LogP contribution in [-0.4, -0.2) is 53.8 Å². The quantitative estimate of drug-likeness (QED) is 0.826. The van der Waals surface area contributed by atoms with Crippen molar-refractivity contribution in [3.05, 3.63) is 35.9 Å². The van der Waals surface area contributed by atoms with Gasteiger partial charge in [-0.2, -0.15) is 0 Å². The Bertz CT molecular complexity index is 600. The van der Waals surface area contributed by atoms with E-state index in [1.807, 2.05) is 17.9 Å². The van der Waals surface area contributed by atoms with Crippen molar-refractivity contribution in [1.29, 1.82) is 0 Å². The van der Waals surface area contributed by atoms with Crippen LogP contribution in [-0.2, 0) is 9.59 Å². The highest BCUT2D eigenvalue weighted by Crippen LogP contribution is 2.29. The molecule has 0 radical (unpaired) electrons. The van der Waals surface area contributed by atoms with Crippen LogP contribution in [0, 0.1) is 5.92 Å². The molecule has 1 N–H and O–H groups in total. The average molecular weight is 343 g/mol. The van der Waals surface area contributed by atoms with Crippen molar-refractivity contribution < 1.29 is 9.59 Å². The van der Waals surface area contributed by atoms with Crippen molar-refractivity contribution in [2.24, 2.45) is 5.92 Å². The molecule has 2 unspecified atom stereocenters. The highest BCUT2D eigenvalue weighted by Gasteiger charge is 2.33. The number of carbonyl (C=O) groups is 2. The fourth-order valence-electron chi connectivity index (χ4n) is 3.71. The third-order valence-electron chi connectivity index (χ3n) is 5.49. The maximum absolute atomic E-state index is 12.5. The molecule has 1 aromatic carbocycles. The molecule has 25 heavy (non-hydrogen) atoms. The topological polar surface area (TPSA) is 52.7 Å². The summed E-state index contributed by atoms with van der Waals surface area (Å²) < 4.78 is 0. The Hall–Kier alpha value is -1.88. The second-order valence-corrected chi connectivity index (χ2v) is 7.20. The predicted octanol–water partition coefficient (Wildman–Crippen LogP) is 2.20. The third kappa shape index (κ3) is 4.40. The summed E-state index contributed by atoms with van der Waals surface area (Å²) in [4.78, 5) is 28.7. The molecule has 2 fully saturated rings. The summed E-state index contributed by atoms with van der Waals surface area (Å²) in [5.74, 6) is 0.224. The minimum atomic E-state index is 0.0372. The minimum Gasteiger partial charge on any atom is -0.347 e. The normalized spacial score (nSPS) is 21.8. The van der Waals surface area contributed by atoms with Crippen LogP contribution in [0.5, 0.6) is 0 Å². The Balaban J connectivity index is 1.53. The van der Waals surface area contributed by atoms with Gasteiger partial charge in [0.15, 0.2) is 0 Å². The minimum absolute atomic E-state index is 0.0372. The van der Waals surface area contributed by atoms with Gasteiger partial charge in [0.05, 0.1) is 6.54 Å². The molecule has 2 amide bonds. The first-order valence-electron chi connectivity index (χ1n) is 9.46. The van der Waals surface area contributed by atoms with E-state index in [9.17, 15) is 9.59 Å². The van der Waals surface area contributed by atoms with E-state index >= 15 is 0 Å². The summed E-state index contributed by atoms with van der Waals surface area (Å²) in [5, 5.41) is 2.80. The molecule has 5 nitrogen and oxygen atoms in total. The van der Waals surface area contributed by atoms with Gasteiger partial charge in [0.25, 0.3) is 0 Å². The Morgan fingerprint density at radius 3 is 2.60 bits per heavy atom. The molecule has 2 aliphatic rings. The lowest BCUT2D eigenvalue weighted by atomic mass is 10.1. The summed E-state index contributed by atoms with van der Waals surface area (Å²) >= 11 is 0. The van der Waals surface area contributed by atoms with Crippen molar-refractivity contribution in [3.63, 3.8) is 0 Å². The number of amides is 2. The molecular formula is C20H29N3O2. The van der Waals surface area contributed by atoms with Crippen molar-refractivity contribution in [2.45, 2.75) is 45.2 Å². The SMILES string of the molecule is CCN(C(=O)CNC(=O)C1CC1)C1CCN(C(C)c2ccccc2)C1. The van der Waals surface area contributed by atoms with E-state index in [-0.39, 0.29) is 30.3 Å². The third-order valence-corrected chi connectivity index (χ3v) is 5.49. The van der Waals surface area contributed by atoms with Gasteiger partial charge in [-0.15, -0.1) is 0 Å². The Morgan fingerprint density at radius 1 is 1.24 bits per heavy atom. The second kappa shape index (κ2) is 8.00. The van der Waals surface area contributed by atoms with E-state index in [0.717, 1.165) is 32.4 Å².